The first-order chi connectivity index (χ1) is 5.62. The molecule has 0 aliphatic carbocycles. The highest BCUT2D eigenvalue weighted by atomic mass is 32.1. The molecule has 0 saturated heterocycles. The van der Waals surface area contributed by atoms with Gasteiger partial charge >= 0.3 is 0 Å². The van der Waals surface area contributed by atoms with Gasteiger partial charge < -0.3 is 10.8 Å². The maximum absolute atomic E-state index is 9.96. The number of hydrogen-bond donors (Lipinski definition) is 2. The molecule has 3 N–H and O–H groups in total. The van der Waals surface area contributed by atoms with Crippen LogP contribution >= 0.6 is 11.5 Å². The number of aliphatic hydroxyl groups is 1. The van der Waals surface area contributed by atoms with E-state index >= 15 is 0 Å². The Morgan fingerprint density at radius 2 is 2.42 bits per heavy atom. The van der Waals surface area contributed by atoms with Gasteiger partial charge in [0.2, 0.25) is 0 Å². The normalized spacial score (nSPS) is 16.0. The predicted octanol–water partition coefficient (Wildman–Crippen LogP) is 1.01. The summed E-state index contributed by atoms with van der Waals surface area (Å²) in [4.78, 5) is 0.866. The van der Waals surface area contributed by atoms with Crippen molar-refractivity contribution in [1.29, 1.82) is 0 Å². The van der Waals surface area contributed by atoms with Crippen LogP contribution in [0.25, 0.3) is 0 Å². The van der Waals surface area contributed by atoms with Crippen LogP contribution in [0, 0.1) is 6.92 Å². The topological polar surface area (TPSA) is 59.1 Å². The fraction of sp³-hybridized carbons (Fsp3) is 0.625. The zero-order valence-electron chi connectivity index (χ0n) is 7.37. The lowest BCUT2D eigenvalue weighted by Gasteiger charge is -2.22. The largest absolute Gasteiger partial charge is 0.383 e. The first kappa shape index (κ1) is 9.64. The van der Waals surface area contributed by atoms with Crippen molar-refractivity contribution >= 4 is 11.5 Å². The second-order valence-electron chi connectivity index (χ2n) is 2.92. The van der Waals surface area contributed by atoms with E-state index in [-0.39, 0.29) is 6.54 Å². The van der Waals surface area contributed by atoms with Gasteiger partial charge in [-0.1, -0.05) is 6.92 Å². The van der Waals surface area contributed by atoms with Gasteiger partial charge in [0, 0.05) is 6.54 Å². The van der Waals surface area contributed by atoms with Gasteiger partial charge in [-0.25, -0.2) is 0 Å². The zero-order chi connectivity index (χ0) is 9.19. The molecule has 1 aromatic rings. The summed E-state index contributed by atoms with van der Waals surface area (Å²) in [6.45, 7) is 4.08. The fourth-order valence-electron chi connectivity index (χ4n) is 1.00. The molecule has 0 aliphatic heterocycles. The molecule has 0 aromatic carbocycles. The third-order valence-corrected chi connectivity index (χ3v) is 3.08. The Labute approximate surface area is 76.4 Å². The van der Waals surface area contributed by atoms with Gasteiger partial charge in [-0.05, 0) is 30.9 Å². The third kappa shape index (κ3) is 1.65. The molecule has 0 fully saturated rings. The van der Waals surface area contributed by atoms with Crippen LogP contribution in [0.5, 0.6) is 0 Å². The van der Waals surface area contributed by atoms with Crippen LogP contribution in [0.3, 0.4) is 0 Å². The monoisotopic (exact) mass is 186 g/mol. The fourth-order valence-corrected chi connectivity index (χ4v) is 1.92. The molecule has 0 amide bonds. The molecule has 0 aliphatic rings. The Bertz CT molecular complexity index is 255. The number of nitrogens with zero attached hydrogens (tertiary/aromatic N) is 1. The number of aromatic nitrogens is 1. The lowest BCUT2D eigenvalue weighted by Crippen LogP contribution is -2.33. The van der Waals surface area contributed by atoms with Crippen LogP contribution in [-0.4, -0.2) is 16.0 Å². The summed E-state index contributed by atoms with van der Waals surface area (Å²) < 4.78 is 4.10. The summed E-state index contributed by atoms with van der Waals surface area (Å²) in [5.41, 5.74) is 5.56. The molecule has 0 bridgehead atoms. The predicted molar refractivity (Wildman–Crippen MR) is 50.1 cm³/mol. The lowest BCUT2D eigenvalue weighted by molar-refractivity contribution is 0.0456. The highest BCUT2D eigenvalue weighted by Gasteiger charge is 2.27. The third-order valence-electron chi connectivity index (χ3n) is 2.01. The molecule has 68 valence electrons. The lowest BCUT2D eigenvalue weighted by atomic mass is 9.99. The van der Waals surface area contributed by atoms with Crippen LogP contribution in [0.1, 0.15) is 23.9 Å². The van der Waals surface area contributed by atoms with Crippen molar-refractivity contribution in [3.05, 3.63) is 16.6 Å². The average Bonchev–Trinajstić information content (AvgIpc) is 2.51. The summed E-state index contributed by atoms with van der Waals surface area (Å²) in [7, 11) is 0. The maximum Gasteiger partial charge on any atom is 0.112 e. The van der Waals surface area contributed by atoms with Crippen molar-refractivity contribution in [1.82, 2.24) is 4.37 Å². The van der Waals surface area contributed by atoms with Crippen LogP contribution in [0.15, 0.2) is 6.07 Å². The molecular formula is C8H14N2OS. The van der Waals surface area contributed by atoms with E-state index in [1.807, 2.05) is 19.9 Å². The van der Waals surface area contributed by atoms with E-state index in [0.29, 0.717) is 6.42 Å². The minimum atomic E-state index is -0.869. The molecule has 0 saturated carbocycles. The molecule has 3 nitrogen and oxygen atoms in total. The molecule has 4 heteroatoms. The Balaban J connectivity index is 2.94. The molecular weight excluding hydrogens is 172 g/mol. The van der Waals surface area contributed by atoms with E-state index in [1.54, 1.807) is 0 Å². The number of rotatable bonds is 3. The summed E-state index contributed by atoms with van der Waals surface area (Å²) in [5, 5.41) is 9.96. The Morgan fingerprint density at radius 1 is 1.75 bits per heavy atom. The van der Waals surface area contributed by atoms with Crippen molar-refractivity contribution in [3.8, 4) is 0 Å². The van der Waals surface area contributed by atoms with Crippen LogP contribution < -0.4 is 5.73 Å². The van der Waals surface area contributed by atoms with Crippen molar-refractivity contribution in [2.24, 2.45) is 5.73 Å². The Morgan fingerprint density at radius 3 is 2.75 bits per heavy atom. The quantitative estimate of drug-likeness (QED) is 0.740. The van der Waals surface area contributed by atoms with Crippen molar-refractivity contribution in [3.63, 3.8) is 0 Å². The smallest absolute Gasteiger partial charge is 0.112 e. The summed E-state index contributed by atoms with van der Waals surface area (Å²) >= 11 is 1.33. The standard InChI is InChI=1S/C8H14N2OS/c1-3-8(11,5-9)7-4-6(2)10-12-7/h4,11H,3,5,9H2,1-2H3. The molecule has 1 unspecified atom stereocenters. The molecule has 1 heterocycles. The zero-order valence-corrected chi connectivity index (χ0v) is 8.19. The van der Waals surface area contributed by atoms with Gasteiger partial charge in [0.15, 0.2) is 0 Å². The van der Waals surface area contributed by atoms with Crippen LogP contribution in [0.2, 0.25) is 0 Å². The maximum atomic E-state index is 9.96. The second kappa shape index (κ2) is 3.51. The van der Waals surface area contributed by atoms with Crippen molar-refractivity contribution in [2.75, 3.05) is 6.54 Å². The number of nitrogens with two attached hydrogens (primary N) is 1. The first-order valence-corrected chi connectivity index (χ1v) is 4.76. The van der Waals surface area contributed by atoms with E-state index in [4.69, 9.17) is 5.73 Å². The summed E-state index contributed by atoms with van der Waals surface area (Å²) in [5.74, 6) is 0. The number of aryl methyl sites for hydroxylation is 1. The van der Waals surface area contributed by atoms with E-state index in [0.717, 1.165) is 10.6 Å². The van der Waals surface area contributed by atoms with Gasteiger partial charge in [-0.15, -0.1) is 0 Å². The van der Waals surface area contributed by atoms with E-state index < -0.39 is 5.60 Å². The van der Waals surface area contributed by atoms with Gasteiger partial charge in [-0.2, -0.15) is 4.37 Å². The van der Waals surface area contributed by atoms with Crippen molar-refractivity contribution < 1.29 is 5.11 Å². The van der Waals surface area contributed by atoms with Gasteiger partial charge in [0.25, 0.3) is 0 Å². The molecule has 0 spiro atoms. The van der Waals surface area contributed by atoms with Gasteiger partial charge in [0.05, 0.1) is 10.6 Å². The van der Waals surface area contributed by atoms with Crippen LogP contribution in [0.4, 0.5) is 0 Å². The average molecular weight is 186 g/mol. The second-order valence-corrected chi connectivity index (χ2v) is 3.73. The van der Waals surface area contributed by atoms with Gasteiger partial charge in [-0.3, -0.25) is 0 Å². The molecule has 1 rings (SSSR count). The molecule has 1 aromatic heterocycles. The van der Waals surface area contributed by atoms with Crippen molar-refractivity contribution in [2.45, 2.75) is 25.9 Å². The first-order valence-electron chi connectivity index (χ1n) is 3.98. The van der Waals surface area contributed by atoms with Crippen LogP contribution in [-0.2, 0) is 5.60 Å². The van der Waals surface area contributed by atoms with Gasteiger partial charge in [0.1, 0.15) is 5.60 Å². The highest BCUT2D eigenvalue weighted by molar-refractivity contribution is 7.06. The molecule has 12 heavy (non-hydrogen) atoms. The van der Waals surface area contributed by atoms with E-state index in [9.17, 15) is 5.11 Å². The van der Waals surface area contributed by atoms with E-state index in [2.05, 4.69) is 4.37 Å². The molecule has 1 atom stereocenters. The molecule has 0 radical (unpaired) electrons. The summed E-state index contributed by atoms with van der Waals surface area (Å²) in [6.07, 6.45) is 0.630. The highest BCUT2D eigenvalue weighted by Crippen LogP contribution is 2.27. The van der Waals surface area contributed by atoms with E-state index in [1.165, 1.54) is 11.5 Å². The Kier molecular flexibility index (Phi) is 2.82. The minimum Gasteiger partial charge on any atom is -0.383 e. The Hall–Kier alpha value is -0.450. The SMILES string of the molecule is CCC(O)(CN)c1cc(C)ns1. The minimum absolute atomic E-state index is 0.255. The number of hydrogen-bond acceptors (Lipinski definition) is 4. The summed E-state index contributed by atoms with van der Waals surface area (Å²) in [6, 6.07) is 1.89.